The van der Waals surface area contributed by atoms with Crippen LogP contribution in [0.1, 0.15) is 31.7 Å². The first kappa shape index (κ1) is 23.8. The van der Waals surface area contributed by atoms with E-state index in [1.165, 1.54) is 4.90 Å². The van der Waals surface area contributed by atoms with E-state index in [4.69, 9.17) is 9.47 Å². The molecule has 5 rings (SSSR count). The molecule has 8 nitrogen and oxygen atoms in total. The molecule has 0 bridgehead atoms. The molecule has 1 aliphatic carbocycles. The summed E-state index contributed by atoms with van der Waals surface area (Å²) < 4.78 is 10.8. The SMILES string of the molecule is COc1cccc(N2C[C@H](C(=O)Oc3ccc(N4C(=O)[C@H]5CC=C(C)C[C@@H]5C4=O)c(C)c3)CC2=O)c1. The Morgan fingerprint density at radius 2 is 1.72 bits per heavy atom. The van der Waals surface area contributed by atoms with E-state index >= 15 is 0 Å². The van der Waals surface area contributed by atoms with E-state index in [1.54, 1.807) is 61.4 Å². The van der Waals surface area contributed by atoms with Crippen molar-refractivity contribution in [2.24, 2.45) is 17.8 Å². The van der Waals surface area contributed by atoms with Crippen LogP contribution in [0.4, 0.5) is 11.4 Å². The normalized spacial score (nSPS) is 23.6. The smallest absolute Gasteiger partial charge is 0.316 e. The van der Waals surface area contributed by atoms with E-state index in [-0.39, 0.29) is 42.5 Å². The van der Waals surface area contributed by atoms with Gasteiger partial charge < -0.3 is 14.4 Å². The zero-order chi connectivity index (χ0) is 25.6. The maximum absolute atomic E-state index is 13.1. The van der Waals surface area contributed by atoms with Crippen LogP contribution in [-0.2, 0) is 19.2 Å². The van der Waals surface area contributed by atoms with Crippen molar-refractivity contribution in [1.82, 2.24) is 0 Å². The lowest BCUT2D eigenvalue weighted by Crippen LogP contribution is -2.31. The van der Waals surface area contributed by atoms with E-state index in [0.717, 1.165) is 5.57 Å². The molecule has 186 valence electrons. The summed E-state index contributed by atoms with van der Waals surface area (Å²) in [4.78, 5) is 54.4. The standard InChI is InChI=1S/C28H28N2O6/c1-16-7-9-22-23(11-16)27(33)30(26(22)32)24-10-8-21(12-17(24)2)36-28(34)18-13-25(31)29(15-18)19-5-4-6-20(14-19)35-3/h4-8,10,12,14,18,22-23H,9,11,13,15H2,1-3H3/t18-,22+,23+/m1/s1. The Morgan fingerprint density at radius 1 is 0.944 bits per heavy atom. The lowest BCUT2D eigenvalue weighted by atomic mass is 9.82. The van der Waals surface area contributed by atoms with Crippen LogP contribution >= 0.6 is 0 Å². The molecule has 2 saturated heterocycles. The number of amides is 3. The molecule has 2 fully saturated rings. The summed E-state index contributed by atoms with van der Waals surface area (Å²) in [6.45, 7) is 3.98. The monoisotopic (exact) mass is 488 g/mol. The minimum Gasteiger partial charge on any atom is -0.497 e. The zero-order valence-corrected chi connectivity index (χ0v) is 20.5. The fourth-order valence-electron chi connectivity index (χ4n) is 5.31. The van der Waals surface area contributed by atoms with Crippen LogP contribution in [-0.4, -0.2) is 37.3 Å². The number of fused-ring (bicyclic) bond motifs is 1. The number of methoxy groups -OCH3 is 1. The van der Waals surface area contributed by atoms with E-state index in [1.807, 2.05) is 13.0 Å². The molecule has 2 aliphatic heterocycles. The summed E-state index contributed by atoms with van der Waals surface area (Å²) in [5.41, 5.74) is 2.97. The van der Waals surface area contributed by atoms with Gasteiger partial charge >= 0.3 is 5.97 Å². The third kappa shape index (κ3) is 4.17. The molecule has 8 heteroatoms. The van der Waals surface area contributed by atoms with E-state index in [2.05, 4.69) is 0 Å². The van der Waals surface area contributed by atoms with Gasteiger partial charge in [0.25, 0.3) is 0 Å². The number of allylic oxidation sites excluding steroid dienone is 2. The van der Waals surface area contributed by atoms with Crippen LogP contribution in [0.2, 0.25) is 0 Å². The molecular weight excluding hydrogens is 460 g/mol. The number of imide groups is 1. The number of hydrogen-bond acceptors (Lipinski definition) is 6. The molecule has 0 spiro atoms. The first-order valence-corrected chi connectivity index (χ1v) is 12.1. The molecule has 36 heavy (non-hydrogen) atoms. The number of esters is 1. The Hall–Kier alpha value is -3.94. The van der Waals surface area contributed by atoms with E-state index < -0.39 is 11.9 Å². The van der Waals surface area contributed by atoms with Gasteiger partial charge in [-0.05, 0) is 62.6 Å². The van der Waals surface area contributed by atoms with Crippen LogP contribution in [0.25, 0.3) is 0 Å². The van der Waals surface area contributed by atoms with Gasteiger partial charge in [0.1, 0.15) is 11.5 Å². The third-order valence-corrected chi connectivity index (χ3v) is 7.27. The van der Waals surface area contributed by atoms with Gasteiger partial charge in [-0.25, -0.2) is 4.90 Å². The number of carbonyl (C=O) groups excluding carboxylic acids is 4. The van der Waals surface area contributed by atoms with E-state index in [0.29, 0.717) is 41.3 Å². The van der Waals surface area contributed by atoms with Gasteiger partial charge in [-0.1, -0.05) is 17.7 Å². The summed E-state index contributed by atoms with van der Waals surface area (Å²) >= 11 is 0. The first-order valence-electron chi connectivity index (χ1n) is 12.1. The highest BCUT2D eigenvalue weighted by Crippen LogP contribution is 2.41. The molecule has 2 aromatic carbocycles. The lowest BCUT2D eigenvalue weighted by Gasteiger charge is -2.19. The molecule has 3 aliphatic rings. The number of aryl methyl sites for hydroxylation is 1. The highest BCUT2D eigenvalue weighted by molar-refractivity contribution is 6.22. The highest BCUT2D eigenvalue weighted by atomic mass is 16.5. The fraction of sp³-hybridized carbons (Fsp3) is 0.357. The summed E-state index contributed by atoms with van der Waals surface area (Å²) in [5, 5.41) is 0. The fourth-order valence-corrected chi connectivity index (χ4v) is 5.31. The molecule has 3 atom stereocenters. The number of carbonyl (C=O) groups is 4. The molecule has 2 aromatic rings. The maximum Gasteiger partial charge on any atom is 0.316 e. The van der Waals surface area contributed by atoms with Gasteiger partial charge in [0, 0.05) is 24.7 Å². The topological polar surface area (TPSA) is 93.2 Å². The Balaban J connectivity index is 1.28. The summed E-state index contributed by atoms with van der Waals surface area (Å²) in [7, 11) is 1.55. The summed E-state index contributed by atoms with van der Waals surface area (Å²) in [6.07, 6.45) is 3.28. The van der Waals surface area contributed by atoms with Gasteiger partial charge in [-0.15, -0.1) is 0 Å². The van der Waals surface area contributed by atoms with Crippen LogP contribution in [0.3, 0.4) is 0 Å². The Kier molecular flexibility index (Phi) is 6.12. The van der Waals surface area contributed by atoms with Crippen LogP contribution in [0, 0.1) is 24.7 Å². The second-order valence-electron chi connectivity index (χ2n) is 9.69. The third-order valence-electron chi connectivity index (χ3n) is 7.27. The molecule has 0 radical (unpaired) electrons. The average molecular weight is 489 g/mol. The van der Waals surface area contributed by atoms with Crippen LogP contribution in [0.15, 0.2) is 54.1 Å². The number of anilines is 2. The minimum absolute atomic E-state index is 0.0557. The van der Waals surface area contributed by atoms with Crippen molar-refractivity contribution in [3.05, 3.63) is 59.7 Å². The molecular formula is C28H28N2O6. The predicted molar refractivity (Wildman–Crippen MR) is 133 cm³/mol. The van der Waals surface area contributed by atoms with Gasteiger partial charge in [0.05, 0.1) is 30.6 Å². The molecule has 0 unspecified atom stereocenters. The lowest BCUT2D eigenvalue weighted by molar-refractivity contribution is -0.139. The second kappa shape index (κ2) is 9.26. The Labute approximate surface area is 209 Å². The quantitative estimate of drug-likeness (QED) is 0.275. The summed E-state index contributed by atoms with van der Waals surface area (Å²) in [5.74, 6) is -1.31. The number of nitrogens with zero attached hydrogens (tertiary/aromatic N) is 2. The largest absolute Gasteiger partial charge is 0.497 e. The van der Waals surface area contributed by atoms with Crippen molar-refractivity contribution in [2.45, 2.75) is 33.1 Å². The molecule has 0 N–H and O–H groups in total. The van der Waals surface area contributed by atoms with E-state index in [9.17, 15) is 19.2 Å². The van der Waals surface area contributed by atoms with Gasteiger partial charge in [0.2, 0.25) is 17.7 Å². The Bertz CT molecular complexity index is 1300. The average Bonchev–Trinajstić information content (AvgIpc) is 3.37. The van der Waals surface area contributed by atoms with Crippen molar-refractivity contribution in [2.75, 3.05) is 23.5 Å². The second-order valence-corrected chi connectivity index (χ2v) is 9.69. The van der Waals surface area contributed by atoms with Crippen LogP contribution in [0.5, 0.6) is 11.5 Å². The molecule has 2 heterocycles. The molecule has 0 saturated carbocycles. The number of hydrogen-bond donors (Lipinski definition) is 0. The number of benzene rings is 2. The van der Waals surface area contributed by atoms with Crippen molar-refractivity contribution in [3.8, 4) is 11.5 Å². The molecule has 3 amide bonds. The zero-order valence-electron chi connectivity index (χ0n) is 20.5. The van der Waals surface area contributed by atoms with Crippen molar-refractivity contribution >= 4 is 35.1 Å². The highest BCUT2D eigenvalue weighted by Gasteiger charge is 2.49. The van der Waals surface area contributed by atoms with Crippen LogP contribution < -0.4 is 19.3 Å². The minimum atomic E-state index is -0.607. The van der Waals surface area contributed by atoms with Crippen molar-refractivity contribution < 1.29 is 28.7 Å². The maximum atomic E-state index is 13.1. The number of rotatable bonds is 5. The summed E-state index contributed by atoms with van der Waals surface area (Å²) in [6, 6.07) is 12.0. The number of ether oxygens (including phenoxy) is 2. The Morgan fingerprint density at radius 3 is 2.47 bits per heavy atom. The molecule has 0 aromatic heterocycles. The van der Waals surface area contributed by atoms with Gasteiger partial charge in [-0.3, -0.25) is 19.2 Å². The van der Waals surface area contributed by atoms with Gasteiger partial charge in [0.15, 0.2) is 0 Å². The van der Waals surface area contributed by atoms with Gasteiger partial charge in [-0.2, -0.15) is 0 Å². The first-order chi connectivity index (χ1) is 17.3. The van der Waals surface area contributed by atoms with Crippen molar-refractivity contribution in [3.63, 3.8) is 0 Å². The van der Waals surface area contributed by atoms with Crippen molar-refractivity contribution in [1.29, 1.82) is 0 Å². The predicted octanol–water partition coefficient (Wildman–Crippen LogP) is 3.81.